The van der Waals surface area contributed by atoms with E-state index in [1.165, 1.54) is 4.21 Å². The number of hydrogen-bond donors (Lipinski definition) is 1. The second kappa shape index (κ2) is 10.6. The largest absolute Gasteiger partial charge is 0.297 e. The Morgan fingerprint density at radius 2 is 1.88 bits per heavy atom. The summed E-state index contributed by atoms with van der Waals surface area (Å²) in [5.74, 6) is -0.104. The Hall–Kier alpha value is -0.390. The van der Waals surface area contributed by atoms with Crippen molar-refractivity contribution in [2.24, 2.45) is 0 Å². The van der Waals surface area contributed by atoms with Crippen molar-refractivity contribution < 1.29 is 22.1 Å². The molecule has 2 heterocycles. The first-order valence-corrected chi connectivity index (χ1v) is 11.3. The highest BCUT2D eigenvalue weighted by molar-refractivity contribution is 8.03. The van der Waals surface area contributed by atoms with Crippen molar-refractivity contribution in [3.8, 4) is 0 Å². The number of thiol groups is 1. The van der Waals surface area contributed by atoms with Gasteiger partial charge in [0, 0.05) is 0 Å². The summed E-state index contributed by atoms with van der Waals surface area (Å²) in [5, 5.41) is 0. The molecular weight excluding hydrogens is 411 g/mol. The Kier molecular flexibility index (Phi) is 9.53. The third-order valence-electron chi connectivity index (χ3n) is 2.54. The number of thiophene rings is 2. The molecule has 0 N–H and O–H groups in total. The summed E-state index contributed by atoms with van der Waals surface area (Å²) in [7, 11) is -3.85. The van der Waals surface area contributed by atoms with E-state index in [2.05, 4.69) is 17.0 Å². The molecule has 2 aromatic heterocycles. The molecule has 0 fully saturated rings. The number of ketones is 1. The number of unbranched alkanes of at least 4 members (excludes halogenated alkanes) is 1. The van der Waals surface area contributed by atoms with Gasteiger partial charge >= 0.3 is 0 Å². The Bertz CT molecular complexity index is 751. The summed E-state index contributed by atoms with van der Waals surface area (Å²) in [4.78, 5) is 11.9. The Morgan fingerprint density at radius 3 is 2.33 bits per heavy atom. The van der Waals surface area contributed by atoms with Gasteiger partial charge < -0.3 is 0 Å². The molecule has 0 unspecified atom stereocenters. The van der Waals surface area contributed by atoms with Gasteiger partial charge in [0.25, 0.3) is 10.1 Å². The average molecular weight is 429 g/mol. The highest BCUT2D eigenvalue weighted by Crippen LogP contribution is 2.38. The van der Waals surface area contributed by atoms with Gasteiger partial charge in [0.15, 0.2) is 5.78 Å². The first kappa shape index (κ1) is 21.7. The van der Waals surface area contributed by atoms with E-state index < -0.39 is 10.1 Å². The van der Waals surface area contributed by atoms with E-state index in [1.807, 2.05) is 31.2 Å². The van der Waals surface area contributed by atoms with Crippen LogP contribution in [0, 0.1) is 0 Å². The molecule has 134 valence electrons. The molecule has 0 saturated carbocycles. The van der Waals surface area contributed by atoms with Gasteiger partial charge in [-0.15, -0.1) is 35.3 Å². The number of hydrogen-bond acceptors (Lipinski definition) is 8. The van der Waals surface area contributed by atoms with Crippen LogP contribution in [0.2, 0.25) is 0 Å². The third-order valence-corrected chi connectivity index (χ3v) is 7.28. The lowest BCUT2D eigenvalue weighted by atomic mass is 10.4. The molecule has 0 saturated heterocycles. The van der Waals surface area contributed by atoms with Crippen LogP contribution in [0.5, 0.6) is 0 Å². The van der Waals surface area contributed by atoms with Gasteiger partial charge in [-0.3, -0.25) is 4.79 Å². The third kappa shape index (κ3) is 8.13. The zero-order valence-electron chi connectivity index (χ0n) is 13.0. The maximum absolute atomic E-state index is 11.1. The van der Waals surface area contributed by atoms with E-state index in [0.29, 0.717) is 12.8 Å². The first-order chi connectivity index (χ1) is 11.3. The lowest BCUT2D eigenvalue weighted by Gasteiger charge is -1.92. The van der Waals surface area contributed by atoms with Crippen LogP contribution in [0.15, 0.2) is 36.9 Å². The molecule has 0 aliphatic carbocycles. The summed E-state index contributed by atoms with van der Waals surface area (Å²) in [6.07, 6.45) is 1.15. The van der Waals surface area contributed by atoms with Crippen molar-refractivity contribution >= 4 is 63.0 Å². The number of carbonyl (C=O) groups is 1. The zero-order valence-corrected chi connectivity index (χ0v) is 17.2. The lowest BCUT2D eigenvalue weighted by molar-refractivity contribution is 0.00290. The van der Waals surface area contributed by atoms with E-state index in [4.69, 9.17) is 0 Å². The highest BCUT2D eigenvalue weighted by atomic mass is 32.2. The molecule has 4 nitrogen and oxygen atoms in total. The van der Waals surface area contributed by atoms with Gasteiger partial charge in [0.2, 0.25) is 0 Å². The quantitative estimate of drug-likeness (QED) is 0.468. The van der Waals surface area contributed by atoms with Crippen LogP contribution < -0.4 is 0 Å². The molecule has 0 spiro atoms. The Labute approximate surface area is 158 Å². The van der Waals surface area contributed by atoms with Crippen molar-refractivity contribution in [1.82, 2.24) is 0 Å². The SMILES string of the molecule is CC(=O)c1ccc(Sc2ccc(S)s2)s1.CCCCS(=O)(=O)OF. The molecule has 0 bridgehead atoms. The maximum Gasteiger partial charge on any atom is 0.297 e. The summed E-state index contributed by atoms with van der Waals surface area (Å²) < 4.78 is 37.4. The van der Waals surface area contributed by atoms with E-state index in [-0.39, 0.29) is 11.5 Å². The standard InChI is InChI=1S/C10H8OS4.C4H9FO3S/c1-6(11)7-2-4-9(13-7)15-10-5-3-8(12)14-10;1-2-3-4-9(6,7)8-5/h2-5,12H,1H3;2-4H2,1H3. The smallest absolute Gasteiger partial charge is 0.294 e. The molecule has 0 aliphatic heterocycles. The first-order valence-electron chi connectivity index (χ1n) is 6.87. The highest BCUT2D eigenvalue weighted by Gasteiger charge is 2.09. The van der Waals surface area contributed by atoms with Crippen LogP contribution in [0.1, 0.15) is 36.4 Å². The van der Waals surface area contributed by atoms with E-state index in [1.54, 1.807) is 41.4 Å². The molecule has 2 aromatic rings. The summed E-state index contributed by atoms with van der Waals surface area (Å²) in [6, 6.07) is 7.90. The van der Waals surface area contributed by atoms with Crippen molar-refractivity contribution in [3.63, 3.8) is 0 Å². The molecule has 2 rings (SSSR count). The Balaban J connectivity index is 0.000000277. The van der Waals surface area contributed by atoms with Gasteiger partial charge in [0.05, 0.1) is 23.3 Å². The van der Waals surface area contributed by atoms with Crippen LogP contribution in [-0.2, 0) is 14.5 Å². The van der Waals surface area contributed by atoms with Crippen LogP contribution in [0.4, 0.5) is 4.53 Å². The second-order valence-corrected chi connectivity index (χ2v) is 10.8. The fourth-order valence-electron chi connectivity index (χ4n) is 1.38. The van der Waals surface area contributed by atoms with E-state index >= 15 is 0 Å². The van der Waals surface area contributed by atoms with Crippen LogP contribution >= 0.6 is 47.1 Å². The number of carbonyl (C=O) groups excluding carboxylic acids is 1. The van der Waals surface area contributed by atoms with Crippen molar-refractivity contribution in [2.75, 3.05) is 5.75 Å². The van der Waals surface area contributed by atoms with Crippen molar-refractivity contribution in [2.45, 2.75) is 39.3 Å². The minimum Gasteiger partial charge on any atom is -0.294 e. The van der Waals surface area contributed by atoms with E-state index in [9.17, 15) is 17.7 Å². The van der Waals surface area contributed by atoms with Crippen LogP contribution in [0.3, 0.4) is 0 Å². The minimum atomic E-state index is -3.85. The summed E-state index contributed by atoms with van der Waals surface area (Å²) in [6.45, 7) is 3.41. The normalized spacial score (nSPS) is 11.0. The number of halogens is 1. The Morgan fingerprint density at radius 1 is 1.25 bits per heavy atom. The topological polar surface area (TPSA) is 60.4 Å². The molecule has 24 heavy (non-hydrogen) atoms. The predicted octanol–water partition coefficient (Wildman–Crippen LogP) is 5.47. The van der Waals surface area contributed by atoms with Gasteiger partial charge in [-0.2, -0.15) is 8.42 Å². The maximum atomic E-state index is 11.1. The molecule has 10 heteroatoms. The number of rotatable bonds is 7. The number of Topliss-reactive ketones (excluding diaryl/α,β-unsaturated/α-hetero) is 1. The van der Waals surface area contributed by atoms with E-state index in [0.717, 1.165) is 13.3 Å². The fraction of sp³-hybridized carbons (Fsp3) is 0.357. The molecule has 0 amide bonds. The second-order valence-electron chi connectivity index (χ2n) is 4.55. The monoisotopic (exact) mass is 428 g/mol. The predicted molar refractivity (Wildman–Crippen MR) is 101 cm³/mol. The van der Waals surface area contributed by atoms with Crippen molar-refractivity contribution in [3.05, 3.63) is 29.1 Å². The van der Waals surface area contributed by atoms with Crippen LogP contribution in [-0.4, -0.2) is 20.0 Å². The van der Waals surface area contributed by atoms with Crippen molar-refractivity contribution in [1.29, 1.82) is 0 Å². The molecule has 0 atom stereocenters. The molecular formula is C14H17FO4S5. The average Bonchev–Trinajstić information content (AvgIpc) is 3.16. The van der Waals surface area contributed by atoms with Gasteiger partial charge in [-0.25, -0.2) is 0 Å². The lowest BCUT2D eigenvalue weighted by Crippen LogP contribution is -2.04. The van der Waals surface area contributed by atoms with Gasteiger partial charge in [-0.05, 0) is 42.1 Å². The molecule has 0 radical (unpaired) electrons. The van der Waals surface area contributed by atoms with Gasteiger partial charge in [0.1, 0.15) is 0 Å². The zero-order chi connectivity index (χ0) is 18.2. The summed E-state index contributed by atoms with van der Waals surface area (Å²) >= 11 is 9.14. The molecule has 0 aromatic carbocycles. The molecule has 0 aliphatic rings. The summed E-state index contributed by atoms with van der Waals surface area (Å²) in [5.41, 5.74) is 0. The minimum absolute atomic E-state index is 0.132. The fourth-order valence-corrected chi connectivity index (χ4v) is 5.79. The van der Waals surface area contributed by atoms with Crippen LogP contribution in [0.25, 0.3) is 0 Å². The van der Waals surface area contributed by atoms with Gasteiger partial charge in [-0.1, -0.05) is 29.5 Å².